The molecule has 1 aromatic heterocycles. The molecule has 1 saturated heterocycles. The molecule has 0 bridgehead atoms. The van der Waals surface area contributed by atoms with Gasteiger partial charge in [-0.1, -0.05) is 6.07 Å². The van der Waals surface area contributed by atoms with Crippen molar-refractivity contribution < 1.29 is 28.3 Å². The predicted octanol–water partition coefficient (Wildman–Crippen LogP) is 1.14. The number of hydrogen-bond acceptors (Lipinski definition) is 6. The monoisotopic (exact) mass is 371 g/mol. The van der Waals surface area contributed by atoms with E-state index in [1.807, 2.05) is 6.07 Å². The van der Waals surface area contributed by atoms with Crippen LogP contribution in [0, 0.1) is 0 Å². The number of rotatable bonds is 6. The minimum atomic E-state index is -0.885. The summed E-state index contributed by atoms with van der Waals surface area (Å²) in [5.41, 5.74) is 0.842. The van der Waals surface area contributed by atoms with Gasteiger partial charge in [-0.2, -0.15) is 0 Å². The summed E-state index contributed by atoms with van der Waals surface area (Å²) in [6.45, 7) is 0.497. The predicted molar refractivity (Wildman–Crippen MR) is 90.6 cm³/mol. The van der Waals surface area contributed by atoms with Gasteiger partial charge in [0.2, 0.25) is 12.7 Å². The summed E-state index contributed by atoms with van der Waals surface area (Å²) in [5.74, 6) is 1.00. The van der Waals surface area contributed by atoms with Crippen LogP contribution in [0.5, 0.6) is 11.5 Å². The molecule has 0 saturated carbocycles. The average Bonchev–Trinajstić information content (AvgIpc) is 3.38. The number of benzene rings is 1. The minimum Gasteiger partial charge on any atom is -0.467 e. The van der Waals surface area contributed by atoms with Crippen LogP contribution in [0.2, 0.25) is 0 Å². The van der Waals surface area contributed by atoms with E-state index in [4.69, 9.17) is 13.9 Å². The SMILES string of the molecule is O=C(C[C@H]1NC(=O)N(Cc2ccco2)C1=O)NCc1ccc2c(c1)OCO2. The fraction of sp³-hybridized carbons (Fsp3) is 0.278. The molecule has 1 aromatic carbocycles. The Balaban J connectivity index is 1.30. The normalized spacial score (nSPS) is 17.9. The molecule has 3 heterocycles. The molecule has 2 aromatic rings. The second-order valence-electron chi connectivity index (χ2n) is 6.17. The van der Waals surface area contributed by atoms with Gasteiger partial charge in [0.15, 0.2) is 11.5 Å². The third-order valence-electron chi connectivity index (χ3n) is 4.32. The molecule has 9 nitrogen and oxygen atoms in total. The number of furan rings is 1. The summed E-state index contributed by atoms with van der Waals surface area (Å²) in [4.78, 5) is 37.6. The quantitative estimate of drug-likeness (QED) is 0.737. The molecule has 0 unspecified atom stereocenters. The first-order valence-electron chi connectivity index (χ1n) is 8.39. The summed E-state index contributed by atoms with van der Waals surface area (Å²) in [6.07, 6.45) is 1.33. The van der Waals surface area contributed by atoms with E-state index in [1.165, 1.54) is 6.26 Å². The molecule has 0 aliphatic carbocycles. The van der Waals surface area contributed by atoms with Crippen LogP contribution >= 0.6 is 0 Å². The molecule has 140 valence electrons. The highest BCUT2D eigenvalue weighted by Gasteiger charge is 2.39. The Labute approximate surface area is 154 Å². The van der Waals surface area contributed by atoms with Crippen molar-refractivity contribution in [3.63, 3.8) is 0 Å². The number of imide groups is 1. The largest absolute Gasteiger partial charge is 0.467 e. The van der Waals surface area contributed by atoms with Gasteiger partial charge in [0, 0.05) is 6.54 Å². The molecular formula is C18H17N3O6. The van der Waals surface area contributed by atoms with E-state index < -0.39 is 18.0 Å². The first kappa shape index (κ1) is 17.0. The van der Waals surface area contributed by atoms with E-state index in [0.717, 1.165) is 10.5 Å². The van der Waals surface area contributed by atoms with Crippen LogP contribution in [0.25, 0.3) is 0 Å². The summed E-state index contributed by atoms with van der Waals surface area (Å²) >= 11 is 0. The number of urea groups is 1. The number of amides is 4. The van der Waals surface area contributed by atoms with Crippen molar-refractivity contribution >= 4 is 17.8 Å². The van der Waals surface area contributed by atoms with E-state index in [2.05, 4.69) is 10.6 Å². The average molecular weight is 371 g/mol. The van der Waals surface area contributed by atoms with Gasteiger partial charge in [-0.3, -0.25) is 14.5 Å². The number of hydrogen-bond donors (Lipinski definition) is 2. The number of nitrogens with zero attached hydrogens (tertiary/aromatic N) is 1. The molecule has 1 atom stereocenters. The topological polar surface area (TPSA) is 110 Å². The minimum absolute atomic E-state index is 0.0347. The second-order valence-corrected chi connectivity index (χ2v) is 6.17. The van der Waals surface area contributed by atoms with Crippen LogP contribution in [0.15, 0.2) is 41.0 Å². The molecule has 0 spiro atoms. The Morgan fingerprint density at radius 1 is 1.22 bits per heavy atom. The maximum absolute atomic E-state index is 12.4. The summed E-state index contributed by atoms with van der Waals surface area (Å²) in [6, 6.07) is 7.31. The van der Waals surface area contributed by atoms with Crippen LogP contribution in [0.4, 0.5) is 4.79 Å². The lowest BCUT2D eigenvalue weighted by atomic mass is 10.1. The number of carbonyl (C=O) groups excluding carboxylic acids is 3. The Morgan fingerprint density at radius 2 is 2.07 bits per heavy atom. The lowest BCUT2D eigenvalue weighted by Gasteiger charge is -2.11. The number of fused-ring (bicyclic) bond motifs is 1. The Hall–Kier alpha value is -3.49. The number of ether oxygens (including phenoxy) is 2. The third kappa shape index (κ3) is 3.57. The van der Waals surface area contributed by atoms with Gasteiger partial charge >= 0.3 is 6.03 Å². The lowest BCUT2D eigenvalue weighted by Crippen LogP contribution is -2.36. The maximum atomic E-state index is 12.4. The molecule has 27 heavy (non-hydrogen) atoms. The summed E-state index contributed by atoms with van der Waals surface area (Å²) in [7, 11) is 0. The van der Waals surface area contributed by atoms with Crippen molar-refractivity contribution in [2.45, 2.75) is 25.6 Å². The van der Waals surface area contributed by atoms with E-state index in [-0.39, 0.29) is 32.2 Å². The van der Waals surface area contributed by atoms with E-state index >= 15 is 0 Å². The van der Waals surface area contributed by atoms with Crippen molar-refractivity contribution in [1.82, 2.24) is 15.5 Å². The number of carbonyl (C=O) groups is 3. The third-order valence-corrected chi connectivity index (χ3v) is 4.32. The van der Waals surface area contributed by atoms with Crippen LogP contribution in [0.1, 0.15) is 17.7 Å². The van der Waals surface area contributed by atoms with Crippen LogP contribution in [-0.4, -0.2) is 35.6 Å². The summed E-state index contributed by atoms with van der Waals surface area (Å²) < 4.78 is 15.7. The molecule has 4 rings (SSSR count). The smallest absolute Gasteiger partial charge is 0.325 e. The van der Waals surface area contributed by atoms with E-state index in [1.54, 1.807) is 24.3 Å². The highest BCUT2D eigenvalue weighted by molar-refractivity contribution is 6.05. The van der Waals surface area contributed by atoms with Crippen molar-refractivity contribution in [2.75, 3.05) is 6.79 Å². The maximum Gasteiger partial charge on any atom is 0.325 e. The zero-order valence-electron chi connectivity index (χ0n) is 14.3. The molecule has 9 heteroatoms. The van der Waals surface area contributed by atoms with Gasteiger partial charge in [0.05, 0.1) is 19.2 Å². The molecule has 2 aliphatic heterocycles. The molecule has 2 aliphatic rings. The fourth-order valence-electron chi connectivity index (χ4n) is 2.93. The Bertz CT molecular complexity index is 879. The van der Waals surface area contributed by atoms with Gasteiger partial charge in [-0.15, -0.1) is 0 Å². The van der Waals surface area contributed by atoms with Crippen LogP contribution in [-0.2, 0) is 22.7 Å². The van der Waals surface area contributed by atoms with Crippen LogP contribution in [0.3, 0.4) is 0 Å². The van der Waals surface area contributed by atoms with E-state index in [9.17, 15) is 14.4 Å². The van der Waals surface area contributed by atoms with Gasteiger partial charge in [0.25, 0.3) is 5.91 Å². The van der Waals surface area contributed by atoms with Crippen LogP contribution < -0.4 is 20.1 Å². The van der Waals surface area contributed by atoms with Crippen molar-refractivity contribution in [3.05, 3.63) is 47.9 Å². The molecule has 0 radical (unpaired) electrons. The standard InChI is InChI=1S/C18H17N3O6/c22-16(19-8-11-3-4-14-15(6-11)27-10-26-14)7-13-17(23)21(18(24)20-13)9-12-2-1-5-25-12/h1-6,13H,7-10H2,(H,19,22)(H,20,24)/t13-/m1/s1. The molecular weight excluding hydrogens is 354 g/mol. The van der Waals surface area contributed by atoms with Crippen molar-refractivity contribution in [1.29, 1.82) is 0 Å². The zero-order valence-corrected chi connectivity index (χ0v) is 14.3. The highest BCUT2D eigenvalue weighted by atomic mass is 16.7. The zero-order chi connectivity index (χ0) is 18.8. The Kier molecular flexibility index (Phi) is 4.41. The lowest BCUT2D eigenvalue weighted by molar-refractivity contribution is -0.131. The second kappa shape index (κ2) is 7.02. The first-order valence-corrected chi connectivity index (χ1v) is 8.39. The van der Waals surface area contributed by atoms with Crippen molar-refractivity contribution in [3.8, 4) is 11.5 Å². The highest BCUT2D eigenvalue weighted by Crippen LogP contribution is 2.32. The molecule has 1 fully saturated rings. The van der Waals surface area contributed by atoms with Gasteiger partial charge in [-0.25, -0.2) is 4.79 Å². The van der Waals surface area contributed by atoms with Gasteiger partial charge in [0.1, 0.15) is 11.8 Å². The summed E-state index contributed by atoms with van der Waals surface area (Å²) in [5, 5.41) is 5.26. The number of nitrogens with one attached hydrogen (secondary N) is 2. The molecule has 4 amide bonds. The van der Waals surface area contributed by atoms with Gasteiger partial charge < -0.3 is 24.5 Å². The first-order chi connectivity index (χ1) is 13.1. The van der Waals surface area contributed by atoms with Crippen molar-refractivity contribution in [2.24, 2.45) is 0 Å². The van der Waals surface area contributed by atoms with Gasteiger partial charge in [-0.05, 0) is 29.8 Å². The molecule has 2 N–H and O–H groups in total. The van der Waals surface area contributed by atoms with E-state index in [0.29, 0.717) is 17.3 Å². The Morgan fingerprint density at radius 3 is 2.89 bits per heavy atom. The fourth-order valence-corrected chi connectivity index (χ4v) is 2.93.